The molecular weight excluding hydrogens is 210 g/mol. The minimum atomic E-state index is -3.83. The summed E-state index contributed by atoms with van der Waals surface area (Å²) in [6.07, 6.45) is 0. The monoisotopic (exact) mass is 217 g/mol. The van der Waals surface area contributed by atoms with Gasteiger partial charge in [0.25, 0.3) is 15.7 Å². The molecule has 1 rings (SSSR count). The van der Waals surface area contributed by atoms with E-state index >= 15 is 0 Å². The predicted molar refractivity (Wildman–Crippen MR) is 47.6 cm³/mol. The molecule has 0 aliphatic rings. The molecule has 0 saturated heterocycles. The zero-order chi connectivity index (χ0) is 10.8. The van der Waals surface area contributed by atoms with Crippen LogP contribution in [0, 0.1) is 10.1 Å². The van der Waals surface area contributed by atoms with Gasteiger partial charge in [0.2, 0.25) is 0 Å². The third-order valence-electron chi connectivity index (χ3n) is 1.49. The molecule has 1 aromatic rings. The van der Waals surface area contributed by atoms with Crippen molar-refractivity contribution in [1.29, 1.82) is 0 Å². The number of nitrogens with one attached hydrogen (secondary N) is 1. The van der Waals surface area contributed by atoms with E-state index in [2.05, 4.69) is 0 Å². The van der Waals surface area contributed by atoms with Crippen molar-refractivity contribution in [3.05, 3.63) is 34.4 Å². The van der Waals surface area contributed by atoms with Crippen molar-refractivity contribution in [2.75, 3.05) is 0 Å². The first-order valence-corrected chi connectivity index (χ1v) is 4.92. The Morgan fingerprint density at radius 1 is 1.43 bits per heavy atom. The summed E-state index contributed by atoms with van der Waals surface area (Å²) >= 11 is 0. The molecule has 0 aliphatic carbocycles. The summed E-state index contributed by atoms with van der Waals surface area (Å²) in [6.45, 7) is 0. The number of sulfonamides is 1. The maximum atomic E-state index is 11.1. The Morgan fingerprint density at radius 2 is 2.07 bits per heavy atom. The number of rotatable bonds is 3. The number of hydrogen-bond acceptors (Lipinski definition) is 5. The third-order valence-corrected chi connectivity index (χ3v) is 2.68. The van der Waals surface area contributed by atoms with Crippen molar-refractivity contribution in [1.82, 2.24) is 4.83 Å². The van der Waals surface area contributed by atoms with Crippen molar-refractivity contribution >= 4 is 15.7 Å². The van der Waals surface area contributed by atoms with Crippen LogP contribution in [0.2, 0.25) is 0 Å². The molecular formula is C6H7N3O4S. The number of non-ortho nitro benzene ring substituents is 1. The second kappa shape index (κ2) is 3.70. The molecule has 8 heteroatoms. The van der Waals surface area contributed by atoms with Gasteiger partial charge in [-0.3, -0.25) is 16.0 Å². The number of nitrogens with zero attached hydrogens (tertiary/aromatic N) is 1. The SMILES string of the molecule is NNS(=O)(=O)c1cccc([N+](=O)[O-])c1. The van der Waals surface area contributed by atoms with Gasteiger partial charge in [-0.05, 0) is 6.07 Å². The first-order chi connectivity index (χ1) is 6.47. The van der Waals surface area contributed by atoms with E-state index in [9.17, 15) is 18.5 Å². The quantitative estimate of drug-likeness (QED) is 0.411. The van der Waals surface area contributed by atoms with Crippen LogP contribution in [0.5, 0.6) is 0 Å². The number of hydrogen-bond donors (Lipinski definition) is 2. The van der Waals surface area contributed by atoms with E-state index in [0.717, 1.165) is 6.07 Å². The molecule has 0 spiro atoms. The Morgan fingerprint density at radius 3 is 2.57 bits per heavy atom. The van der Waals surface area contributed by atoms with Gasteiger partial charge in [-0.1, -0.05) is 6.07 Å². The van der Waals surface area contributed by atoms with E-state index in [1.807, 2.05) is 0 Å². The van der Waals surface area contributed by atoms with Gasteiger partial charge in [-0.25, -0.2) is 8.42 Å². The Bertz CT molecular complexity index is 456. The van der Waals surface area contributed by atoms with Gasteiger partial charge in [-0.15, -0.1) is 0 Å². The van der Waals surface area contributed by atoms with Gasteiger partial charge in [0.1, 0.15) is 0 Å². The zero-order valence-corrected chi connectivity index (χ0v) is 7.69. The van der Waals surface area contributed by atoms with Crippen LogP contribution in [0.1, 0.15) is 0 Å². The molecule has 0 radical (unpaired) electrons. The molecule has 7 nitrogen and oxygen atoms in total. The molecule has 0 heterocycles. The molecule has 0 saturated carbocycles. The fourth-order valence-electron chi connectivity index (χ4n) is 0.832. The summed E-state index contributed by atoms with van der Waals surface area (Å²) in [6, 6.07) is 4.59. The van der Waals surface area contributed by atoms with Gasteiger partial charge in [0, 0.05) is 12.1 Å². The highest BCUT2D eigenvalue weighted by Gasteiger charge is 2.15. The Kier molecular flexibility index (Phi) is 2.79. The molecule has 3 N–H and O–H groups in total. The molecule has 76 valence electrons. The summed E-state index contributed by atoms with van der Waals surface area (Å²) in [5, 5.41) is 10.3. The summed E-state index contributed by atoms with van der Waals surface area (Å²) in [7, 11) is -3.83. The lowest BCUT2D eigenvalue weighted by atomic mass is 10.3. The van der Waals surface area contributed by atoms with Crippen molar-refractivity contribution < 1.29 is 13.3 Å². The molecule has 1 aromatic carbocycles. The lowest BCUT2D eigenvalue weighted by Crippen LogP contribution is -2.30. The van der Waals surface area contributed by atoms with Crippen LogP contribution in [-0.4, -0.2) is 13.3 Å². The van der Waals surface area contributed by atoms with Crippen LogP contribution in [0.3, 0.4) is 0 Å². The van der Waals surface area contributed by atoms with Crippen molar-refractivity contribution in [2.24, 2.45) is 5.84 Å². The van der Waals surface area contributed by atoms with Crippen molar-refractivity contribution in [2.45, 2.75) is 4.90 Å². The van der Waals surface area contributed by atoms with Crippen molar-refractivity contribution in [3.63, 3.8) is 0 Å². The van der Waals surface area contributed by atoms with E-state index in [4.69, 9.17) is 5.84 Å². The normalized spacial score (nSPS) is 11.2. The number of nitro groups is 1. The molecule has 0 aromatic heterocycles. The van der Waals surface area contributed by atoms with Crippen LogP contribution in [0.4, 0.5) is 5.69 Å². The van der Waals surface area contributed by atoms with E-state index in [0.29, 0.717) is 0 Å². The van der Waals surface area contributed by atoms with Crippen LogP contribution < -0.4 is 10.7 Å². The van der Waals surface area contributed by atoms with Gasteiger partial charge < -0.3 is 0 Å². The lowest BCUT2D eigenvalue weighted by Gasteiger charge is -2.00. The van der Waals surface area contributed by atoms with Crippen LogP contribution >= 0.6 is 0 Å². The first-order valence-electron chi connectivity index (χ1n) is 3.44. The Labute approximate surface area is 79.7 Å². The van der Waals surface area contributed by atoms with E-state index < -0.39 is 14.9 Å². The third kappa shape index (κ3) is 2.05. The Hall–Kier alpha value is -1.51. The number of nitro benzene ring substituents is 1. The molecule has 0 fully saturated rings. The Balaban J connectivity index is 3.26. The topological polar surface area (TPSA) is 115 Å². The summed E-state index contributed by atoms with van der Waals surface area (Å²) in [5.74, 6) is 4.76. The maximum absolute atomic E-state index is 11.1. The van der Waals surface area contributed by atoms with Crippen molar-refractivity contribution in [3.8, 4) is 0 Å². The van der Waals surface area contributed by atoms with E-state index in [1.54, 1.807) is 4.83 Å². The fraction of sp³-hybridized carbons (Fsp3) is 0. The zero-order valence-electron chi connectivity index (χ0n) is 6.88. The summed E-state index contributed by atoms with van der Waals surface area (Å²) < 4.78 is 22.2. The molecule has 0 bridgehead atoms. The highest BCUT2D eigenvalue weighted by molar-refractivity contribution is 7.89. The molecule has 0 atom stereocenters. The minimum Gasteiger partial charge on any atom is -0.258 e. The highest BCUT2D eigenvalue weighted by atomic mass is 32.2. The molecule has 0 aliphatic heterocycles. The first kappa shape index (κ1) is 10.6. The standard InChI is InChI=1S/C6H7N3O4S/c7-8-14(12,13)6-3-1-2-5(4-6)9(10)11/h1-4,8H,7H2. The summed E-state index contributed by atoms with van der Waals surface area (Å²) in [5.41, 5.74) is -0.304. The van der Waals surface area contributed by atoms with Gasteiger partial charge in [-0.2, -0.15) is 4.83 Å². The van der Waals surface area contributed by atoms with Gasteiger partial charge >= 0.3 is 0 Å². The predicted octanol–water partition coefficient (Wildman–Crippen LogP) is -0.253. The maximum Gasteiger partial charge on any atom is 0.270 e. The van der Waals surface area contributed by atoms with E-state index in [-0.39, 0.29) is 10.6 Å². The average molecular weight is 217 g/mol. The molecule has 14 heavy (non-hydrogen) atoms. The van der Waals surface area contributed by atoms with Gasteiger partial charge in [0.05, 0.1) is 9.82 Å². The minimum absolute atomic E-state index is 0.241. The largest absolute Gasteiger partial charge is 0.270 e. The summed E-state index contributed by atoms with van der Waals surface area (Å²) in [4.78, 5) is 11.0. The molecule has 0 amide bonds. The molecule has 0 unspecified atom stereocenters. The second-order valence-electron chi connectivity index (χ2n) is 2.38. The number of hydrazine groups is 1. The number of benzene rings is 1. The highest BCUT2D eigenvalue weighted by Crippen LogP contribution is 2.16. The average Bonchev–Trinajstić information content (AvgIpc) is 2.18. The van der Waals surface area contributed by atoms with Gasteiger partial charge in [0.15, 0.2) is 0 Å². The fourth-order valence-corrected chi connectivity index (χ4v) is 1.50. The number of nitrogens with two attached hydrogens (primary N) is 1. The smallest absolute Gasteiger partial charge is 0.258 e. The van der Waals surface area contributed by atoms with E-state index in [1.165, 1.54) is 18.2 Å². The lowest BCUT2D eigenvalue weighted by molar-refractivity contribution is -0.385. The second-order valence-corrected chi connectivity index (χ2v) is 4.09. The van der Waals surface area contributed by atoms with Crippen LogP contribution in [0.15, 0.2) is 29.2 Å². The van der Waals surface area contributed by atoms with Crippen LogP contribution in [0.25, 0.3) is 0 Å². The van der Waals surface area contributed by atoms with Crippen LogP contribution in [-0.2, 0) is 10.0 Å².